The number of thiocarbonyl (C=S) groups is 1. The molecule has 4 rings (SSSR count). The quantitative estimate of drug-likeness (QED) is 0.409. The Morgan fingerprint density at radius 2 is 1.90 bits per heavy atom. The van der Waals surface area contributed by atoms with Crippen molar-refractivity contribution in [3.05, 3.63) is 64.1 Å². The maximum absolute atomic E-state index is 12.8. The van der Waals surface area contributed by atoms with Gasteiger partial charge in [-0.25, -0.2) is 4.68 Å². The Labute approximate surface area is 183 Å². The number of aromatic nitrogens is 2. The second-order valence-corrected chi connectivity index (χ2v) is 7.28. The number of carbonyl (C=O) groups is 1. The SMILES string of the molecule is CCCn1nc(C(=O)NNC(=S)NCc2ccc3c(c2)OCO3)c2ccccc2c1=O. The molecule has 0 spiro atoms. The van der Waals surface area contributed by atoms with E-state index in [-0.39, 0.29) is 23.2 Å². The Morgan fingerprint density at radius 1 is 1.13 bits per heavy atom. The van der Waals surface area contributed by atoms with E-state index >= 15 is 0 Å². The number of hydrogen-bond acceptors (Lipinski definition) is 6. The lowest BCUT2D eigenvalue weighted by molar-refractivity contribution is 0.0938. The van der Waals surface area contributed by atoms with Crippen LogP contribution in [0.15, 0.2) is 47.3 Å². The molecule has 10 heteroatoms. The second kappa shape index (κ2) is 9.00. The molecule has 1 aromatic heterocycles. The second-order valence-electron chi connectivity index (χ2n) is 6.87. The van der Waals surface area contributed by atoms with Crippen molar-refractivity contribution < 1.29 is 14.3 Å². The van der Waals surface area contributed by atoms with Crippen LogP contribution in [0.1, 0.15) is 29.4 Å². The number of amides is 1. The summed E-state index contributed by atoms with van der Waals surface area (Å²) < 4.78 is 12.0. The molecule has 0 bridgehead atoms. The van der Waals surface area contributed by atoms with Crippen LogP contribution in [-0.2, 0) is 13.1 Å². The van der Waals surface area contributed by atoms with Crippen molar-refractivity contribution in [2.45, 2.75) is 26.4 Å². The van der Waals surface area contributed by atoms with Gasteiger partial charge >= 0.3 is 0 Å². The zero-order valence-corrected chi connectivity index (χ0v) is 17.6. The van der Waals surface area contributed by atoms with Crippen molar-refractivity contribution in [2.75, 3.05) is 6.79 Å². The molecule has 0 saturated heterocycles. The highest BCUT2D eigenvalue weighted by Gasteiger charge is 2.17. The highest BCUT2D eigenvalue weighted by molar-refractivity contribution is 7.80. The van der Waals surface area contributed by atoms with E-state index in [1.54, 1.807) is 24.3 Å². The zero-order valence-electron chi connectivity index (χ0n) is 16.8. The van der Waals surface area contributed by atoms with Crippen LogP contribution in [0.25, 0.3) is 10.8 Å². The number of nitrogens with one attached hydrogen (secondary N) is 3. The summed E-state index contributed by atoms with van der Waals surface area (Å²) in [5.41, 5.74) is 6.09. The molecule has 2 aromatic carbocycles. The van der Waals surface area contributed by atoms with E-state index in [2.05, 4.69) is 21.3 Å². The summed E-state index contributed by atoms with van der Waals surface area (Å²) >= 11 is 5.24. The first-order valence-corrected chi connectivity index (χ1v) is 10.2. The number of carbonyl (C=O) groups excluding carboxylic acids is 1. The lowest BCUT2D eigenvalue weighted by atomic mass is 10.1. The van der Waals surface area contributed by atoms with E-state index in [1.807, 2.05) is 25.1 Å². The number of fused-ring (bicyclic) bond motifs is 2. The van der Waals surface area contributed by atoms with Crippen LogP contribution in [0, 0.1) is 0 Å². The average molecular weight is 439 g/mol. The fraction of sp³-hybridized carbons (Fsp3) is 0.238. The minimum absolute atomic E-state index is 0.148. The van der Waals surface area contributed by atoms with E-state index < -0.39 is 5.91 Å². The molecular weight excluding hydrogens is 418 g/mol. The minimum atomic E-state index is -0.492. The first-order chi connectivity index (χ1) is 15.1. The van der Waals surface area contributed by atoms with E-state index in [1.165, 1.54) is 4.68 Å². The number of benzene rings is 2. The molecule has 2 heterocycles. The van der Waals surface area contributed by atoms with Crippen LogP contribution in [0.2, 0.25) is 0 Å². The molecule has 0 atom stereocenters. The van der Waals surface area contributed by atoms with Gasteiger partial charge in [-0.2, -0.15) is 5.10 Å². The van der Waals surface area contributed by atoms with Crippen LogP contribution in [0.4, 0.5) is 0 Å². The Hall–Kier alpha value is -3.66. The molecular formula is C21H21N5O4S. The zero-order chi connectivity index (χ0) is 21.8. The van der Waals surface area contributed by atoms with Gasteiger partial charge in [0.1, 0.15) is 0 Å². The normalized spacial score (nSPS) is 11.9. The van der Waals surface area contributed by atoms with Crippen LogP contribution in [-0.4, -0.2) is 27.6 Å². The summed E-state index contributed by atoms with van der Waals surface area (Å²) in [5.74, 6) is 0.903. The number of ether oxygens (including phenoxy) is 2. The third-order valence-electron chi connectivity index (χ3n) is 4.70. The largest absolute Gasteiger partial charge is 0.454 e. The molecule has 0 aliphatic carbocycles. The first kappa shape index (κ1) is 20.6. The summed E-state index contributed by atoms with van der Waals surface area (Å²) in [7, 11) is 0. The van der Waals surface area contributed by atoms with Crippen molar-refractivity contribution in [3.8, 4) is 11.5 Å². The van der Waals surface area contributed by atoms with E-state index in [0.717, 1.165) is 12.0 Å². The summed E-state index contributed by atoms with van der Waals surface area (Å²) in [6.07, 6.45) is 0.721. The Kier molecular flexibility index (Phi) is 5.99. The van der Waals surface area contributed by atoms with Gasteiger partial charge in [0.05, 0.1) is 5.39 Å². The van der Waals surface area contributed by atoms with Crippen LogP contribution in [0.3, 0.4) is 0 Å². The summed E-state index contributed by atoms with van der Waals surface area (Å²) in [5, 5.41) is 8.43. The Bertz CT molecular complexity index is 1210. The van der Waals surface area contributed by atoms with E-state index in [9.17, 15) is 9.59 Å². The molecule has 0 saturated carbocycles. The molecule has 3 aromatic rings. The molecule has 0 unspecified atom stereocenters. The molecule has 0 fully saturated rings. The minimum Gasteiger partial charge on any atom is -0.454 e. The Morgan fingerprint density at radius 3 is 2.71 bits per heavy atom. The van der Waals surface area contributed by atoms with Gasteiger partial charge in [-0.1, -0.05) is 31.2 Å². The van der Waals surface area contributed by atoms with Gasteiger partial charge in [0.25, 0.3) is 11.5 Å². The van der Waals surface area contributed by atoms with Crippen molar-refractivity contribution in [1.82, 2.24) is 25.9 Å². The maximum atomic E-state index is 12.8. The highest BCUT2D eigenvalue weighted by atomic mass is 32.1. The topological polar surface area (TPSA) is 107 Å². The molecule has 3 N–H and O–H groups in total. The summed E-state index contributed by atoms with van der Waals surface area (Å²) in [4.78, 5) is 25.3. The fourth-order valence-corrected chi connectivity index (χ4v) is 3.34. The van der Waals surface area contributed by atoms with E-state index in [0.29, 0.717) is 35.4 Å². The van der Waals surface area contributed by atoms with E-state index in [4.69, 9.17) is 21.7 Å². The maximum Gasteiger partial charge on any atom is 0.290 e. The van der Waals surface area contributed by atoms with Crippen molar-refractivity contribution >= 4 is 34.0 Å². The average Bonchev–Trinajstić information content (AvgIpc) is 3.26. The third-order valence-corrected chi connectivity index (χ3v) is 4.94. The lowest BCUT2D eigenvalue weighted by Crippen LogP contribution is -2.47. The predicted octanol–water partition coefficient (Wildman–Crippen LogP) is 1.84. The number of hydrazine groups is 1. The van der Waals surface area contributed by atoms with Gasteiger partial charge in [-0.05, 0) is 42.4 Å². The lowest BCUT2D eigenvalue weighted by Gasteiger charge is -2.13. The fourth-order valence-electron chi connectivity index (χ4n) is 3.22. The molecule has 0 radical (unpaired) electrons. The molecule has 1 aliphatic rings. The van der Waals surface area contributed by atoms with Gasteiger partial charge in [0, 0.05) is 18.5 Å². The highest BCUT2D eigenvalue weighted by Crippen LogP contribution is 2.32. The number of rotatable bonds is 5. The molecule has 31 heavy (non-hydrogen) atoms. The Balaban J connectivity index is 1.41. The number of aryl methyl sites for hydroxylation is 1. The third kappa shape index (κ3) is 4.43. The standard InChI is InChI=1S/C21H21N5O4S/c1-2-9-26-20(28)15-6-4-3-5-14(15)18(25-26)19(27)23-24-21(31)22-11-13-7-8-16-17(10-13)30-12-29-16/h3-8,10H,2,9,11-12H2,1H3,(H,23,27)(H2,22,24,31). The van der Waals surface area contributed by atoms with Crippen molar-refractivity contribution in [1.29, 1.82) is 0 Å². The summed E-state index contributed by atoms with van der Waals surface area (Å²) in [6.45, 7) is 3.01. The predicted molar refractivity (Wildman–Crippen MR) is 119 cm³/mol. The van der Waals surface area contributed by atoms with Crippen LogP contribution >= 0.6 is 12.2 Å². The van der Waals surface area contributed by atoms with Gasteiger partial charge in [-0.3, -0.25) is 20.4 Å². The van der Waals surface area contributed by atoms with Gasteiger partial charge in [-0.15, -0.1) is 0 Å². The van der Waals surface area contributed by atoms with Crippen LogP contribution in [0.5, 0.6) is 11.5 Å². The van der Waals surface area contributed by atoms with Crippen LogP contribution < -0.4 is 31.2 Å². The van der Waals surface area contributed by atoms with Gasteiger partial charge in [0.15, 0.2) is 22.3 Å². The number of nitrogens with zero attached hydrogens (tertiary/aromatic N) is 2. The van der Waals surface area contributed by atoms with Gasteiger partial charge in [0.2, 0.25) is 6.79 Å². The first-order valence-electron chi connectivity index (χ1n) is 9.79. The molecule has 160 valence electrons. The van der Waals surface area contributed by atoms with Gasteiger partial charge < -0.3 is 14.8 Å². The molecule has 1 aliphatic heterocycles. The van der Waals surface area contributed by atoms with Crippen molar-refractivity contribution in [3.63, 3.8) is 0 Å². The summed E-state index contributed by atoms with van der Waals surface area (Å²) in [6, 6.07) is 12.5. The number of hydrogen-bond donors (Lipinski definition) is 3. The molecule has 9 nitrogen and oxygen atoms in total. The smallest absolute Gasteiger partial charge is 0.290 e. The monoisotopic (exact) mass is 439 g/mol. The molecule has 1 amide bonds. The van der Waals surface area contributed by atoms with Crippen molar-refractivity contribution in [2.24, 2.45) is 0 Å².